The van der Waals surface area contributed by atoms with E-state index in [2.05, 4.69) is 5.32 Å². The maximum Gasteiger partial charge on any atom is 0.311 e. The van der Waals surface area contributed by atoms with Crippen LogP contribution in [0, 0.1) is 5.92 Å². The molecule has 0 unspecified atom stereocenters. The molecule has 122 valence electrons. The van der Waals surface area contributed by atoms with Crippen molar-refractivity contribution in [1.29, 1.82) is 0 Å². The average Bonchev–Trinajstić information content (AvgIpc) is 2.94. The van der Waals surface area contributed by atoms with Crippen LogP contribution in [0.25, 0.3) is 0 Å². The lowest BCUT2D eigenvalue weighted by Crippen LogP contribution is -2.31. The van der Waals surface area contributed by atoms with Gasteiger partial charge in [0, 0.05) is 25.1 Å². The van der Waals surface area contributed by atoms with Gasteiger partial charge in [0.1, 0.15) is 17.1 Å². The van der Waals surface area contributed by atoms with Crippen LogP contribution < -0.4 is 14.8 Å². The van der Waals surface area contributed by atoms with Crippen LogP contribution in [-0.2, 0) is 9.53 Å². The van der Waals surface area contributed by atoms with Crippen LogP contribution in [0.5, 0.6) is 11.5 Å². The average molecular weight is 307 g/mol. The van der Waals surface area contributed by atoms with E-state index in [1.165, 1.54) is 0 Å². The molecule has 5 heteroatoms. The minimum atomic E-state index is -0.478. The summed E-state index contributed by atoms with van der Waals surface area (Å²) in [6.45, 7) is 7.00. The van der Waals surface area contributed by atoms with Crippen molar-refractivity contribution in [2.24, 2.45) is 5.92 Å². The molecule has 0 radical (unpaired) electrons. The highest BCUT2D eigenvalue weighted by Crippen LogP contribution is 2.37. The first-order chi connectivity index (χ1) is 10.4. The highest BCUT2D eigenvalue weighted by Gasteiger charge is 2.38. The number of hydrogen-bond donors (Lipinski definition) is 1. The Balaban J connectivity index is 2.25. The van der Waals surface area contributed by atoms with Gasteiger partial charge < -0.3 is 19.5 Å². The van der Waals surface area contributed by atoms with Gasteiger partial charge in [-0.15, -0.1) is 0 Å². The molecule has 1 aliphatic rings. The predicted octanol–water partition coefficient (Wildman–Crippen LogP) is 2.35. The normalized spacial score (nSPS) is 21.5. The highest BCUT2D eigenvalue weighted by atomic mass is 16.6. The smallest absolute Gasteiger partial charge is 0.311 e. The molecule has 0 saturated carbocycles. The quantitative estimate of drug-likeness (QED) is 0.865. The van der Waals surface area contributed by atoms with Crippen molar-refractivity contribution in [2.75, 3.05) is 27.3 Å². The Labute approximate surface area is 131 Å². The number of hydrogen-bond acceptors (Lipinski definition) is 5. The number of esters is 1. The highest BCUT2D eigenvalue weighted by molar-refractivity contribution is 5.75. The lowest BCUT2D eigenvalue weighted by atomic mass is 9.88. The maximum atomic E-state index is 12.4. The summed E-state index contributed by atoms with van der Waals surface area (Å²) < 4.78 is 16.2. The van der Waals surface area contributed by atoms with Crippen LogP contribution >= 0.6 is 0 Å². The molecule has 0 aliphatic carbocycles. The van der Waals surface area contributed by atoms with E-state index in [0.29, 0.717) is 6.54 Å². The third-order valence-electron chi connectivity index (χ3n) is 3.76. The van der Waals surface area contributed by atoms with Crippen molar-refractivity contribution in [2.45, 2.75) is 32.3 Å². The molecule has 1 aromatic carbocycles. The predicted molar refractivity (Wildman–Crippen MR) is 84.5 cm³/mol. The third-order valence-corrected chi connectivity index (χ3v) is 3.76. The summed E-state index contributed by atoms with van der Waals surface area (Å²) in [7, 11) is 3.25. The first-order valence-corrected chi connectivity index (χ1v) is 7.51. The van der Waals surface area contributed by atoms with Crippen molar-refractivity contribution in [3.05, 3.63) is 23.8 Å². The van der Waals surface area contributed by atoms with E-state index in [1.807, 2.05) is 39.0 Å². The molecule has 1 aromatic rings. The molecule has 0 amide bonds. The van der Waals surface area contributed by atoms with E-state index in [-0.39, 0.29) is 17.8 Å². The van der Waals surface area contributed by atoms with E-state index in [9.17, 15) is 4.79 Å². The molecule has 2 rings (SSSR count). The van der Waals surface area contributed by atoms with E-state index in [1.54, 1.807) is 14.2 Å². The number of rotatable bonds is 4. The molecule has 0 spiro atoms. The molecule has 5 nitrogen and oxygen atoms in total. The largest absolute Gasteiger partial charge is 0.497 e. The lowest BCUT2D eigenvalue weighted by molar-refractivity contribution is -0.159. The number of carbonyl (C=O) groups excluding carboxylic acids is 1. The van der Waals surface area contributed by atoms with E-state index in [4.69, 9.17) is 14.2 Å². The van der Waals surface area contributed by atoms with Gasteiger partial charge in [-0.3, -0.25) is 4.79 Å². The minimum Gasteiger partial charge on any atom is -0.497 e. The second-order valence-electron chi connectivity index (χ2n) is 6.51. The zero-order valence-electron chi connectivity index (χ0n) is 13.9. The van der Waals surface area contributed by atoms with Crippen LogP contribution in [0.1, 0.15) is 32.3 Å². The second kappa shape index (κ2) is 6.57. The summed E-state index contributed by atoms with van der Waals surface area (Å²) in [5.41, 5.74) is 0.526. The first-order valence-electron chi connectivity index (χ1n) is 7.51. The van der Waals surface area contributed by atoms with Gasteiger partial charge in [-0.2, -0.15) is 0 Å². The van der Waals surface area contributed by atoms with Crippen LogP contribution in [0.3, 0.4) is 0 Å². The molecular weight excluding hydrogens is 282 g/mol. The lowest BCUT2D eigenvalue weighted by Gasteiger charge is -2.25. The Morgan fingerprint density at radius 2 is 1.91 bits per heavy atom. The Hall–Kier alpha value is -1.75. The summed E-state index contributed by atoms with van der Waals surface area (Å²) in [5.74, 6) is 1.14. The summed E-state index contributed by atoms with van der Waals surface area (Å²) in [6.07, 6.45) is 0. The summed E-state index contributed by atoms with van der Waals surface area (Å²) in [4.78, 5) is 12.4. The van der Waals surface area contributed by atoms with Gasteiger partial charge in [0.05, 0.1) is 20.1 Å². The molecule has 0 bridgehead atoms. The summed E-state index contributed by atoms with van der Waals surface area (Å²) in [6, 6.07) is 5.70. The number of methoxy groups -OCH3 is 2. The van der Waals surface area contributed by atoms with Gasteiger partial charge in [-0.05, 0) is 32.4 Å². The summed E-state index contributed by atoms with van der Waals surface area (Å²) >= 11 is 0. The first kappa shape index (κ1) is 16.6. The fourth-order valence-electron chi connectivity index (χ4n) is 2.76. The van der Waals surface area contributed by atoms with Crippen molar-refractivity contribution < 1.29 is 19.0 Å². The molecule has 0 aromatic heterocycles. The number of ether oxygens (including phenoxy) is 3. The van der Waals surface area contributed by atoms with Gasteiger partial charge in [0.25, 0.3) is 0 Å². The molecule has 1 heterocycles. The molecule has 22 heavy (non-hydrogen) atoms. The molecule has 1 saturated heterocycles. The topological polar surface area (TPSA) is 56.8 Å². The molecular formula is C17H25NO4. The van der Waals surface area contributed by atoms with E-state index < -0.39 is 5.60 Å². The number of benzene rings is 1. The standard InChI is InChI=1S/C17H25NO4/c1-17(2,3)22-16(19)14-10-18-9-13(14)12-7-6-11(20-4)8-15(12)21-5/h6-8,13-14,18H,9-10H2,1-5H3/t13-,14+/m0/s1. The van der Waals surface area contributed by atoms with Crippen LogP contribution in [0.2, 0.25) is 0 Å². The molecule has 1 aliphatic heterocycles. The SMILES string of the molecule is COc1ccc([C@@H]2CNC[C@H]2C(=O)OC(C)(C)C)c(OC)c1. The van der Waals surface area contributed by atoms with E-state index >= 15 is 0 Å². The van der Waals surface area contributed by atoms with Crippen LogP contribution in [0.15, 0.2) is 18.2 Å². The Kier molecular flexibility index (Phi) is 4.96. The van der Waals surface area contributed by atoms with Crippen molar-refractivity contribution in [1.82, 2.24) is 5.32 Å². The zero-order chi connectivity index (χ0) is 16.3. The van der Waals surface area contributed by atoms with Crippen molar-refractivity contribution >= 4 is 5.97 Å². The van der Waals surface area contributed by atoms with Crippen LogP contribution in [-0.4, -0.2) is 38.9 Å². The second-order valence-corrected chi connectivity index (χ2v) is 6.51. The van der Waals surface area contributed by atoms with Crippen molar-refractivity contribution in [3.63, 3.8) is 0 Å². The number of nitrogens with one attached hydrogen (secondary N) is 1. The van der Waals surface area contributed by atoms with Gasteiger partial charge in [0.15, 0.2) is 0 Å². The Morgan fingerprint density at radius 3 is 2.50 bits per heavy atom. The fourth-order valence-corrected chi connectivity index (χ4v) is 2.76. The maximum absolute atomic E-state index is 12.4. The Morgan fingerprint density at radius 1 is 1.18 bits per heavy atom. The zero-order valence-corrected chi connectivity index (χ0v) is 13.9. The Bertz CT molecular complexity index is 536. The summed E-state index contributed by atoms with van der Waals surface area (Å²) in [5, 5.41) is 3.28. The third kappa shape index (κ3) is 3.71. The monoisotopic (exact) mass is 307 g/mol. The fraction of sp³-hybridized carbons (Fsp3) is 0.588. The van der Waals surface area contributed by atoms with Gasteiger partial charge in [-0.1, -0.05) is 6.07 Å². The van der Waals surface area contributed by atoms with Gasteiger partial charge in [-0.25, -0.2) is 0 Å². The number of carbonyl (C=O) groups is 1. The molecule has 1 N–H and O–H groups in total. The van der Waals surface area contributed by atoms with Crippen LogP contribution in [0.4, 0.5) is 0 Å². The van der Waals surface area contributed by atoms with Gasteiger partial charge in [0.2, 0.25) is 0 Å². The van der Waals surface area contributed by atoms with E-state index in [0.717, 1.165) is 23.6 Å². The van der Waals surface area contributed by atoms with Gasteiger partial charge >= 0.3 is 5.97 Å². The molecule has 2 atom stereocenters. The minimum absolute atomic E-state index is 0.0377. The van der Waals surface area contributed by atoms with Crippen molar-refractivity contribution in [3.8, 4) is 11.5 Å². The molecule has 1 fully saturated rings.